The van der Waals surface area contributed by atoms with Gasteiger partial charge in [0.2, 0.25) is 5.91 Å². The molecule has 1 N–H and O–H groups in total. The Morgan fingerprint density at radius 3 is 2.90 bits per heavy atom. The Labute approximate surface area is 179 Å². The van der Waals surface area contributed by atoms with Crippen LogP contribution < -0.4 is 10.2 Å². The number of nitrogens with one attached hydrogen (secondary N) is 1. The molecule has 1 aromatic carbocycles. The third kappa shape index (κ3) is 6.69. The lowest BCUT2D eigenvalue weighted by atomic mass is 10.1. The summed E-state index contributed by atoms with van der Waals surface area (Å²) in [6.07, 6.45) is -0.684. The van der Waals surface area contributed by atoms with Crippen LogP contribution in [0.4, 0.5) is 19.0 Å². The maximum atomic E-state index is 12.7. The molecule has 1 amide bonds. The molecule has 0 saturated carbocycles. The number of nitrogens with zero attached hydrogens (tertiary/aromatic N) is 4. The van der Waals surface area contributed by atoms with Crippen molar-refractivity contribution in [3.8, 4) is 11.8 Å². The van der Waals surface area contributed by atoms with Crippen molar-refractivity contribution in [3.05, 3.63) is 53.7 Å². The molecule has 1 unspecified atom stereocenters. The summed E-state index contributed by atoms with van der Waals surface area (Å²) < 4.78 is 38.2. The number of halogens is 3. The Balaban J connectivity index is 1.45. The topological polar surface area (TPSA) is 61.4 Å². The van der Waals surface area contributed by atoms with Gasteiger partial charge in [0, 0.05) is 30.9 Å². The van der Waals surface area contributed by atoms with E-state index in [1.807, 2.05) is 24.1 Å². The molecule has 3 rings (SSSR count). The molecule has 9 heteroatoms. The van der Waals surface area contributed by atoms with Gasteiger partial charge in [-0.05, 0) is 50.2 Å². The molecule has 31 heavy (non-hydrogen) atoms. The summed E-state index contributed by atoms with van der Waals surface area (Å²) in [7, 11) is 1.88. The van der Waals surface area contributed by atoms with Crippen LogP contribution in [0.5, 0.6) is 0 Å². The predicted molar refractivity (Wildman–Crippen MR) is 111 cm³/mol. The highest BCUT2D eigenvalue weighted by Crippen LogP contribution is 2.29. The second kappa shape index (κ2) is 10.3. The van der Waals surface area contributed by atoms with Gasteiger partial charge in [-0.25, -0.2) is 0 Å². The van der Waals surface area contributed by atoms with Crippen LogP contribution in [0.3, 0.4) is 0 Å². The van der Waals surface area contributed by atoms with E-state index in [0.717, 1.165) is 37.3 Å². The van der Waals surface area contributed by atoms with E-state index >= 15 is 0 Å². The molecule has 1 aliphatic heterocycles. The van der Waals surface area contributed by atoms with Gasteiger partial charge in [-0.2, -0.15) is 18.3 Å². The summed E-state index contributed by atoms with van der Waals surface area (Å²) in [5.74, 6) is 6.00. The average molecular weight is 431 g/mol. The maximum absolute atomic E-state index is 12.7. The first-order valence-corrected chi connectivity index (χ1v) is 9.98. The van der Waals surface area contributed by atoms with Crippen molar-refractivity contribution >= 4 is 11.7 Å². The number of anilines is 1. The van der Waals surface area contributed by atoms with Crippen LogP contribution in [-0.2, 0) is 11.0 Å². The normalized spacial score (nSPS) is 16.2. The number of hydrogen-bond donors (Lipinski definition) is 1. The third-order valence-corrected chi connectivity index (χ3v) is 4.96. The van der Waals surface area contributed by atoms with Gasteiger partial charge < -0.3 is 10.2 Å². The molecule has 0 aliphatic carbocycles. The molecule has 164 valence electrons. The van der Waals surface area contributed by atoms with Gasteiger partial charge in [0.1, 0.15) is 0 Å². The minimum atomic E-state index is -4.40. The van der Waals surface area contributed by atoms with E-state index in [-0.39, 0.29) is 30.6 Å². The molecule has 1 fully saturated rings. The summed E-state index contributed by atoms with van der Waals surface area (Å²) in [4.78, 5) is 16.3. The van der Waals surface area contributed by atoms with Crippen molar-refractivity contribution in [2.75, 3.05) is 38.1 Å². The van der Waals surface area contributed by atoms with Gasteiger partial charge in [0.15, 0.2) is 5.82 Å². The van der Waals surface area contributed by atoms with Crippen LogP contribution in [0.25, 0.3) is 0 Å². The van der Waals surface area contributed by atoms with Crippen LogP contribution in [0, 0.1) is 11.8 Å². The second-order valence-electron chi connectivity index (χ2n) is 7.43. The van der Waals surface area contributed by atoms with Crippen molar-refractivity contribution in [1.29, 1.82) is 0 Å². The molecule has 0 spiro atoms. The van der Waals surface area contributed by atoms with Crippen molar-refractivity contribution in [2.24, 2.45) is 0 Å². The maximum Gasteiger partial charge on any atom is 0.416 e. The van der Waals surface area contributed by atoms with E-state index in [1.54, 1.807) is 6.20 Å². The highest BCUT2D eigenvalue weighted by atomic mass is 19.4. The zero-order valence-electron chi connectivity index (χ0n) is 17.2. The molecule has 1 aromatic heterocycles. The Hall–Kier alpha value is -3.12. The first-order chi connectivity index (χ1) is 14.8. The highest BCUT2D eigenvalue weighted by Gasteiger charge is 2.30. The molecule has 1 saturated heterocycles. The van der Waals surface area contributed by atoms with Crippen molar-refractivity contribution in [1.82, 2.24) is 20.4 Å². The van der Waals surface area contributed by atoms with Gasteiger partial charge in [-0.15, -0.1) is 5.10 Å². The SMILES string of the molecule is CN(CC(=O)NCC#Cc1cccc(C(F)(F)F)c1)CC1CCCN1c1cccnn1. The van der Waals surface area contributed by atoms with E-state index in [2.05, 4.69) is 32.3 Å². The second-order valence-corrected chi connectivity index (χ2v) is 7.43. The van der Waals surface area contributed by atoms with Crippen LogP contribution >= 0.6 is 0 Å². The zero-order valence-corrected chi connectivity index (χ0v) is 17.2. The fourth-order valence-corrected chi connectivity index (χ4v) is 3.56. The number of carbonyl (C=O) groups is 1. The number of hydrogen-bond acceptors (Lipinski definition) is 5. The molecular formula is C22H24F3N5O. The Morgan fingerprint density at radius 1 is 1.32 bits per heavy atom. The van der Waals surface area contributed by atoms with Gasteiger partial charge in [0.25, 0.3) is 0 Å². The van der Waals surface area contributed by atoms with Crippen LogP contribution in [0.1, 0.15) is 24.0 Å². The fraction of sp³-hybridized carbons (Fsp3) is 0.409. The zero-order chi connectivity index (χ0) is 22.3. The summed E-state index contributed by atoms with van der Waals surface area (Å²) in [5.41, 5.74) is -0.487. The van der Waals surface area contributed by atoms with E-state index in [9.17, 15) is 18.0 Å². The first-order valence-electron chi connectivity index (χ1n) is 9.98. The number of alkyl halides is 3. The van der Waals surface area contributed by atoms with Crippen LogP contribution in [-0.4, -0.2) is 60.3 Å². The van der Waals surface area contributed by atoms with E-state index < -0.39 is 11.7 Å². The number of rotatable bonds is 6. The number of aromatic nitrogens is 2. The van der Waals surface area contributed by atoms with Gasteiger partial charge >= 0.3 is 6.18 Å². The molecule has 2 aromatic rings. The minimum Gasteiger partial charge on any atom is -0.351 e. The smallest absolute Gasteiger partial charge is 0.351 e. The summed E-state index contributed by atoms with van der Waals surface area (Å²) in [6.45, 7) is 1.89. The fourth-order valence-electron chi connectivity index (χ4n) is 3.56. The average Bonchev–Trinajstić information content (AvgIpc) is 3.19. The minimum absolute atomic E-state index is 0.0675. The van der Waals surface area contributed by atoms with Crippen molar-refractivity contribution in [2.45, 2.75) is 25.1 Å². The Bertz CT molecular complexity index is 939. The van der Waals surface area contributed by atoms with Crippen molar-refractivity contribution in [3.63, 3.8) is 0 Å². The quantitative estimate of drug-likeness (QED) is 0.713. The summed E-state index contributed by atoms with van der Waals surface area (Å²) in [5, 5.41) is 10.8. The largest absolute Gasteiger partial charge is 0.416 e. The molecule has 6 nitrogen and oxygen atoms in total. The summed E-state index contributed by atoms with van der Waals surface area (Å²) >= 11 is 0. The standard InChI is InChI=1S/C22H24F3N5O/c1-29(15-19-9-5-13-30(19)20-10-4-12-27-28-20)16-21(31)26-11-3-7-17-6-2-8-18(14-17)22(23,24)25/h2,4,6,8,10,12,14,19H,5,9,11,13,15-16H2,1H3,(H,26,31). The Kier molecular flexibility index (Phi) is 7.47. The first kappa shape index (κ1) is 22.6. The number of carbonyl (C=O) groups excluding carboxylic acids is 1. The summed E-state index contributed by atoms with van der Waals surface area (Å²) in [6, 6.07) is 8.85. The monoisotopic (exact) mass is 431 g/mol. The lowest BCUT2D eigenvalue weighted by Crippen LogP contribution is -2.43. The van der Waals surface area contributed by atoms with E-state index in [1.165, 1.54) is 12.1 Å². The lowest BCUT2D eigenvalue weighted by Gasteiger charge is -2.28. The molecule has 0 bridgehead atoms. The van der Waals surface area contributed by atoms with Gasteiger partial charge in [0.05, 0.1) is 18.7 Å². The lowest BCUT2D eigenvalue weighted by molar-refractivity contribution is -0.137. The van der Waals surface area contributed by atoms with Crippen LogP contribution in [0.2, 0.25) is 0 Å². The Morgan fingerprint density at radius 2 is 2.16 bits per heavy atom. The van der Waals surface area contributed by atoms with E-state index in [4.69, 9.17) is 0 Å². The molecule has 2 heterocycles. The van der Waals surface area contributed by atoms with Gasteiger partial charge in [-0.1, -0.05) is 17.9 Å². The predicted octanol–water partition coefficient (Wildman–Crippen LogP) is 2.56. The molecular weight excluding hydrogens is 407 g/mol. The molecule has 1 aliphatic rings. The molecule has 1 atom stereocenters. The molecule has 0 radical (unpaired) electrons. The van der Waals surface area contributed by atoms with Crippen molar-refractivity contribution < 1.29 is 18.0 Å². The van der Waals surface area contributed by atoms with Crippen LogP contribution in [0.15, 0.2) is 42.6 Å². The van der Waals surface area contributed by atoms with E-state index in [0.29, 0.717) is 6.54 Å². The number of benzene rings is 1. The number of amides is 1. The number of likely N-dealkylation sites (N-methyl/N-ethyl adjacent to an activating group) is 1. The van der Waals surface area contributed by atoms with Gasteiger partial charge in [-0.3, -0.25) is 9.69 Å². The third-order valence-electron chi connectivity index (χ3n) is 4.96. The highest BCUT2D eigenvalue weighted by molar-refractivity contribution is 5.78.